The van der Waals surface area contributed by atoms with E-state index in [4.69, 9.17) is 20.1 Å². The molecule has 0 aliphatic rings. The summed E-state index contributed by atoms with van der Waals surface area (Å²) in [5, 5.41) is 10.9. The zero-order valence-corrected chi connectivity index (χ0v) is 11.1. The van der Waals surface area contributed by atoms with Gasteiger partial charge in [-0.1, -0.05) is 0 Å². The zero-order valence-electron chi connectivity index (χ0n) is 11.1. The van der Waals surface area contributed by atoms with Crippen LogP contribution in [0, 0.1) is 10.1 Å². The highest BCUT2D eigenvalue weighted by molar-refractivity contribution is 5.60. The predicted molar refractivity (Wildman–Crippen MR) is 69.3 cm³/mol. The molecule has 10 nitrogen and oxygen atoms in total. The van der Waals surface area contributed by atoms with Gasteiger partial charge in [0.15, 0.2) is 0 Å². The number of nitrogen functional groups attached to an aromatic ring is 1. The fourth-order valence-corrected chi connectivity index (χ4v) is 1.31. The monoisotopic (exact) mass is 287 g/mol. The lowest BCUT2D eigenvalue weighted by atomic mass is 10.4. The van der Waals surface area contributed by atoms with Gasteiger partial charge in [0.25, 0.3) is 5.88 Å². The van der Waals surface area contributed by atoms with Gasteiger partial charge >= 0.3 is 5.69 Å². The first-order valence-corrected chi connectivity index (χ1v) is 5.86. The van der Waals surface area contributed by atoms with Crippen LogP contribution >= 0.6 is 0 Å². The third-order valence-electron chi connectivity index (χ3n) is 2.21. The molecular formula is C10H17N5O5. The number of nitrogens with one attached hydrogen (secondary N) is 1. The van der Waals surface area contributed by atoms with E-state index in [9.17, 15) is 10.1 Å². The Balaban J connectivity index is 2.45. The minimum Gasteiger partial charge on any atom is -0.473 e. The standard InChI is InChI=1S/C10H17N5O5/c1-18-5-6-19-3-2-4-20-10-8(15(16)17)9(14-11)12-7-13-10/h7H,2-6,11H2,1H3,(H,12,13,14). The quantitative estimate of drug-likeness (QED) is 0.266. The number of nitro groups is 1. The van der Waals surface area contributed by atoms with Gasteiger partial charge in [-0.25, -0.2) is 10.8 Å². The normalized spacial score (nSPS) is 10.3. The number of nitrogens with two attached hydrogens (primary N) is 1. The van der Waals surface area contributed by atoms with E-state index in [1.54, 1.807) is 7.11 Å². The van der Waals surface area contributed by atoms with Gasteiger partial charge < -0.3 is 19.6 Å². The highest BCUT2D eigenvalue weighted by Crippen LogP contribution is 2.29. The van der Waals surface area contributed by atoms with Gasteiger partial charge in [-0.3, -0.25) is 10.1 Å². The number of ether oxygens (including phenoxy) is 3. The summed E-state index contributed by atoms with van der Waals surface area (Å²) < 4.78 is 15.3. The Kier molecular flexibility index (Phi) is 7.17. The summed E-state index contributed by atoms with van der Waals surface area (Å²) in [4.78, 5) is 17.6. The van der Waals surface area contributed by atoms with Crippen LogP contribution in [0.5, 0.6) is 5.88 Å². The van der Waals surface area contributed by atoms with Crippen molar-refractivity contribution in [3.63, 3.8) is 0 Å². The van der Waals surface area contributed by atoms with Crippen LogP contribution in [0.1, 0.15) is 6.42 Å². The Hall–Kier alpha value is -2.04. The molecule has 0 atom stereocenters. The molecule has 0 fully saturated rings. The molecule has 1 aromatic heterocycles. The molecule has 3 N–H and O–H groups in total. The highest BCUT2D eigenvalue weighted by Gasteiger charge is 2.23. The third kappa shape index (κ3) is 4.91. The number of hydrazine groups is 1. The minimum absolute atomic E-state index is 0.101. The minimum atomic E-state index is -0.653. The fraction of sp³-hybridized carbons (Fsp3) is 0.600. The van der Waals surface area contributed by atoms with Crippen molar-refractivity contribution in [3.05, 3.63) is 16.4 Å². The van der Waals surface area contributed by atoms with Gasteiger partial charge in [-0.2, -0.15) is 4.98 Å². The van der Waals surface area contributed by atoms with E-state index < -0.39 is 10.6 Å². The van der Waals surface area contributed by atoms with E-state index in [-0.39, 0.29) is 18.3 Å². The van der Waals surface area contributed by atoms with Gasteiger partial charge in [0.05, 0.1) is 24.7 Å². The van der Waals surface area contributed by atoms with Gasteiger partial charge in [0.2, 0.25) is 5.82 Å². The van der Waals surface area contributed by atoms with E-state index in [0.717, 1.165) is 6.33 Å². The maximum atomic E-state index is 10.9. The molecule has 1 aromatic rings. The highest BCUT2D eigenvalue weighted by atomic mass is 16.6. The summed E-state index contributed by atoms with van der Waals surface area (Å²) in [5.41, 5.74) is 1.74. The molecular weight excluding hydrogens is 270 g/mol. The SMILES string of the molecule is COCCOCCCOc1ncnc(NN)c1[N+](=O)[O-]. The van der Waals surface area contributed by atoms with E-state index >= 15 is 0 Å². The lowest BCUT2D eigenvalue weighted by molar-refractivity contribution is -0.385. The number of nitrogens with zero attached hydrogens (tertiary/aromatic N) is 3. The first-order chi connectivity index (χ1) is 9.70. The number of hydrogen-bond acceptors (Lipinski definition) is 9. The Labute approximate surface area is 115 Å². The molecule has 20 heavy (non-hydrogen) atoms. The van der Waals surface area contributed by atoms with Gasteiger partial charge in [-0.15, -0.1) is 0 Å². The van der Waals surface area contributed by atoms with Crippen molar-refractivity contribution < 1.29 is 19.1 Å². The Morgan fingerprint density at radius 1 is 1.35 bits per heavy atom. The van der Waals surface area contributed by atoms with Crippen LogP contribution in [0.25, 0.3) is 0 Å². The molecule has 0 amide bonds. The first kappa shape index (κ1) is 16.0. The molecule has 1 heterocycles. The number of anilines is 1. The van der Waals surface area contributed by atoms with E-state index in [1.807, 2.05) is 0 Å². The van der Waals surface area contributed by atoms with Crippen LogP contribution in [-0.2, 0) is 9.47 Å². The first-order valence-electron chi connectivity index (χ1n) is 5.86. The number of aromatic nitrogens is 2. The Morgan fingerprint density at radius 3 is 2.80 bits per heavy atom. The van der Waals surface area contributed by atoms with Gasteiger partial charge in [0.1, 0.15) is 6.33 Å². The summed E-state index contributed by atoms with van der Waals surface area (Å²) in [6.07, 6.45) is 1.70. The van der Waals surface area contributed by atoms with Crippen LogP contribution in [0.15, 0.2) is 6.33 Å². The number of rotatable bonds is 10. The lowest BCUT2D eigenvalue weighted by Gasteiger charge is -2.07. The van der Waals surface area contributed by atoms with Gasteiger partial charge in [-0.05, 0) is 0 Å². The van der Waals surface area contributed by atoms with Crippen molar-refractivity contribution in [3.8, 4) is 5.88 Å². The summed E-state index contributed by atoms with van der Waals surface area (Å²) in [6, 6.07) is 0. The second-order valence-corrected chi connectivity index (χ2v) is 3.58. The van der Waals surface area contributed by atoms with Crippen molar-refractivity contribution in [2.75, 3.05) is 39.0 Å². The van der Waals surface area contributed by atoms with Crippen LogP contribution in [0.4, 0.5) is 11.5 Å². The fourth-order valence-electron chi connectivity index (χ4n) is 1.31. The number of methoxy groups -OCH3 is 1. The largest absolute Gasteiger partial charge is 0.473 e. The molecule has 112 valence electrons. The van der Waals surface area contributed by atoms with Crippen LogP contribution in [0.2, 0.25) is 0 Å². The van der Waals surface area contributed by atoms with Crippen LogP contribution in [-0.4, -0.2) is 48.4 Å². The molecule has 0 bridgehead atoms. The van der Waals surface area contributed by atoms with E-state index in [0.29, 0.717) is 26.2 Å². The molecule has 0 unspecified atom stereocenters. The molecule has 0 aliphatic carbocycles. The van der Waals surface area contributed by atoms with Gasteiger partial charge in [0, 0.05) is 20.1 Å². The second kappa shape index (κ2) is 8.96. The molecule has 10 heteroatoms. The summed E-state index contributed by atoms with van der Waals surface area (Å²) >= 11 is 0. The third-order valence-corrected chi connectivity index (χ3v) is 2.21. The summed E-state index contributed by atoms with van der Waals surface area (Å²) in [6.45, 7) is 1.70. The average molecular weight is 287 g/mol. The summed E-state index contributed by atoms with van der Waals surface area (Å²) in [7, 11) is 1.59. The molecule has 0 spiro atoms. The Bertz CT molecular complexity index is 430. The van der Waals surface area contributed by atoms with Crippen molar-refractivity contribution in [2.24, 2.45) is 5.84 Å². The molecule has 1 rings (SSSR count). The molecule has 0 radical (unpaired) electrons. The van der Waals surface area contributed by atoms with E-state index in [1.165, 1.54) is 0 Å². The molecule has 0 saturated carbocycles. The molecule has 0 aliphatic heterocycles. The van der Waals surface area contributed by atoms with Crippen molar-refractivity contribution in [2.45, 2.75) is 6.42 Å². The van der Waals surface area contributed by atoms with Crippen molar-refractivity contribution >= 4 is 11.5 Å². The lowest BCUT2D eigenvalue weighted by Crippen LogP contribution is -2.13. The topological polar surface area (TPSA) is 135 Å². The maximum absolute atomic E-state index is 10.9. The van der Waals surface area contributed by atoms with Crippen molar-refractivity contribution in [1.82, 2.24) is 9.97 Å². The van der Waals surface area contributed by atoms with Crippen molar-refractivity contribution in [1.29, 1.82) is 0 Å². The predicted octanol–water partition coefficient (Wildman–Crippen LogP) is 0.102. The maximum Gasteiger partial charge on any atom is 0.374 e. The smallest absolute Gasteiger partial charge is 0.374 e. The molecule has 0 saturated heterocycles. The second-order valence-electron chi connectivity index (χ2n) is 3.58. The Morgan fingerprint density at radius 2 is 2.15 bits per heavy atom. The zero-order chi connectivity index (χ0) is 14.8. The van der Waals surface area contributed by atoms with Crippen LogP contribution in [0.3, 0.4) is 0 Å². The number of hydrogen-bond donors (Lipinski definition) is 2. The molecule has 0 aromatic carbocycles. The van der Waals surface area contributed by atoms with Crippen LogP contribution < -0.4 is 16.0 Å². The summed E-state index contributed by atoms with van der Waals surface area (Å²) in [5.74, 6) is 4.92. The average Bonchev–Trinajstić information content (AvgIpc) is 2.45. The van der Waals surface area contributed by atoms with E-state index in [2.05, 4.69) is 15.4 Å².